The maximum Gasteiger partial charge on any atom is 0.145 e. The molecule has 2 N–H and O–H groups in total. The highest BCUT2D eigenvalue weighted by Crippen LogP contribution is 2.06. The molecule has 0 aliphatic rings. The Kier molecular flexibility index (Phi) is 1.95. The number of aryl methyl sites for hydroxylation is 2. The van der Waals surface area contributed by atoms with Crippen molar-refractivity contribution in [3.8, 4) is 0 Å². The van der Waals surface area contributed by atoms with Crippen molar-refractivity contribution >= 4 is 5.82 Å². The molecule has 0 fully saturated rings. The summed E-state index contributed by atoms with van der Waals surface area (Å²) >= 11 is 0. The molecule has 6 heteroatoms. The zero-order valence-corrected chi connectivity index (χ0v) is 8.18. The van der Waals surface area contributed by atoms with Gasteiger partial charge in [0, 0.05) is 25.0 Å². The average molecular weight is 192 g/mol. The number of rotatable bonds is 2. The quantitative estimate of drug-likeness (QED) is 0.724. The number of hydrogen-bond donors (Lipinski definition) is 1. The van der Waals surface area contributed by atoms with E-state index in [1.165, 1.54) is 0 Å². The molecule has 0 saturated heterocycles. The van der Waals surface area contributed by atoms with Gasteiger partial charge in [-0.2, -0.15) is 5.10 Å². The third kappa shape index (κ3) is 1.59. The molecule has 2 aromatic heterocycles. The van der Waals surface area contributed by atoms with Crippen molar-refractivity contribution in [3.63, 3.8) is 0 Å². The highest BCUT2D eigenvalue weighted by Gasteiger charge is 2.04. The first-order chi connectivity index (χ1) is 6.65. The van der Waals surface area contributed by atoms with Gasteiger partial charge in [-0.3, -0.25) is 9.36 Å². The highest BCUT2D eigenvalue weighted by molar-refractivity contribution is 5.29. The standard InChI is InChI=1S/C8H12N6/c1-6-3-8(9)11-14(6)5-7-4-13(2)12-10-7/h3-4H,5H2,1-2H3,(H2,9,11). The van der Waals surface area contributed by atoms with Gasteiger partial charge >= 0.3 is 0 Å². The van der Waals surface area contributed by atoms with Crippen LogP contribution in [0.1, 0.15) is 11.4 Å². The van der Waals surface area contributed by atoms with Crippen LogP contribution in [0.2, 0.25) is 0 Å². The molecule has 74 valence electrons. The highest BCUT2D eigenvalue weighted by atomic mass is 15.4. The van der Waals surface area contributed by atoms with Crippen LogP contribution in [0.4, 0.5) is 5.82 Å². The van der Waals surface area contributed by atoms with Crippen LogP contribution in [0.25, 0.3) is 0 Å². The van der Waals surface area contributed by atoms with E-state index in [9.17, 15) is 0 Å². The number of nitrogens with zero attached hydrogens (tertiary/aromatic N) is 5. The van der Waals surface area contributed by atoms with E-state index in [1.807, 2.05) is 26.2 Å². The number of aromatic nitrogens is 5. The van der Waals surface area contributed by atoms with Gasteiger partial charge in [0.25, 0.3) is 0 Å². The second-order valence-corrected chi connectivity index (χ2v) is 3.25. The Morgan fingerprint density at radius 3 is 2.79 bits per heavy atom. The molecule has 2 heterocycles. The van der Waals surface area contributed by atoms with E-state index < -0.39 is 0 Å². The van der Waals surface area contributed by atoms with Gasteiger partial charge in [-0.1, -0.05) is 5.21 Å². The summed E-state index contributed by atoms with van der Waals surface area (Å²) in [5.74, 6) is 0.534. The summed E-state index contributed by atoms with van der Waals surface area (Å²) in [5, 5.41) is 11.9. The molecule has 0 aromatic carbocycles. The minimum absolute atomic E-state index is 0.534. The number of hydrogen-bond acceptors (Lipinski definition) is 4. The van der Waals surface area contributed by atoms with Crippen molar-refractivity contribution in [2.24, 2.45) is 7.05 Å². The van der Waals surface area contributed by atoms with E-state index in [0.717, 1.165) is 11.4 Å². The molecule has 0 atom stereocenters. The lowest BCUT2D eigenvalue weighted by atomic mass is 10.4. The Balaban J connectivity index is 2.22. The largest absolute Gasteiger partial charge is 0.382 e. The van der Waals surface area contributed by atoms with Crippen LogP contribution in [0.15, 0.2) is 12.3 Å². The van der Waals surface area contributed by atoms with E-state index in [-0.39, 0.29) is 0 Å². The molecular weight excluding hydrogens is 180 g/mol. The van der Waals surface area contributed by atoms with Gasteiger partial charge in [0.05, 0.1) is 6.54 Å². The van der Waals surface area contributed by atoms with Gasteiger partial charge in [0.1, 0.15) is 11.5 Å². The normalized spacial score (nSPS) is 10.7. The fourth-order valence-electron chi connectivity index (χ4n) is 1.32. The Morgan fingerprint density at radius 2 is 2.29 bits per heavy atom. The summed E-state index contributed by atoms with van der Waals surface area (Å²) in [6.07, 6.45) is 1.86. The van der Waals surface area contributed by atoms with Crippen molar-refractivity contribution in [1.82, 2.24) is 24.8 Å². The van der Waals surface area contributed by atoms with Crippen molar-refractivity contribution in [2.75, 3.05) is 5.73 Å². The lowest BCUT2D eigenvalue weighted by molar-refractivity contribution is 0.651. The first kappa shape index (κ1) is 8.74. The van der Waals surface area contributed by atoms with Crippen LogP contribution in [0.5, 0.6) is 0 Å². The topological polar surface area (TPSA) is 74.5 Å². The molecule has 0 aliphatic heterocycles. The van der Waals surface area contributed by atoms with Crippen LogP contribution in [-0.4, -0.2) is 24.8 Å². The molecule has 6 nitrogen and oxygen atoms in total. The SMILES string of the molecule is Cc1cc(N)nn1Cc1cn(C)nn1. The predicted molar refractivity (Wildman–Crippen MR) is 51.5 cm³/mol. The Bertz CT molecular complexity index is 440. The lowest BCUT2D eigenvalue weighted by Gasteiger charge is -1.99. The molecule has 0 bridgehead atoms. The smallest absolute Gasteiger partial charge is 0.145 e. The summed E-state index contributed by atoms with van der Waals surface area (Å²) in [7, 11) is 1.83. The van der Waals surface area contributed by atoms with E-state index in [2.05, 4.69) is 15.4 Å². The van der Waals surface area contributed by atoms with Crippen LogP contribution < -0.4 is 5.73 Å². The maximum atomic E-state index is 5.57. The van der Waals surface area contributed by atoms with Crippen LogP contribution in [0.3, 0.4) is 0 Å². The van der Waals surface area contributed by atoms with E-state index in [4.69, 9.17) is 5.73 Å². The first-order valence-electron chi connectivity index (χ1n) is 4.30. The zero-order valence-electron chi connectivity index (χ0n) is 8.18. The van der Waals surface area contributed by atoms with E-state index >= 15 is 0 Å². The number of nitrogen functional groups attached to an aromatic ring is 1. The van der Waals surface area contributed by atoms with Crippen LogP contribution in [0, 0.1) is 6.92 Å². The molecule has 0 amide bonds. The van der Waals surface area contributed by atoms with Crippen molar-refractivity contribution < 1.29 is 0 Å². The Morgan fingerprint density at radius 1 is 1.50 bits per heavy atom. The van der Waals surface area contributed by atoms with E-state index in [0.29, 0.717) is 12.4 Å². The van der Waals surface area contributed by atoms with Crippen molar-refractivity contribution in [3.05, 3.63) is 23.7 Å². The predicted octanol–water partition coefficient (Wildman–Crippen LogP) is -0.0495. The molecule has 0 radical (unpaired) electrons. The fraction of sp³-hybridized carbons (Fsp3) is 0.375. The molecule has 2 aromatic rings. The van der Waals surface area contributed by atoms with Gasteiger partial charge in [0.2, 0.25) is 0 Å². The van der Waals surface area contributed by atoms with Crippen LogP contribution >= 0.6 is 0 Å². The summed E-state index contributed by atoms with van der Waals surface area (Å²) in [6.45, 7) is 2.57. The fourth-order valence-corrected chi connectivity index (χ4v) is 1.32. The van der Waals surface area contributed by atoms with Gasteiger partial charge in [-0.05, 0) is 6.92 Å². The van der Waals surface area contributed by atoms with E-state index in [1.54, 1.807) is 9.36 Å². The van der Waals surface area contributed by atoms with Gasteiger partial charge in [-0.25, -0.2) is 0 Å². The Hall–Kier alpha value is -1.85. The average Bonchev–Trinajstić information content (AvgIpc) is 2.61. The Labute approximate surface area is 81.3 Å². The van der Waals surface area contributed by atoms with Gasteiger partial charge in [-0.15, -0.1) is 5.10 Å². The summed E-state index contributed by atoms with van der Waals surface area (Å²) in [6, 6.07) is 1.83. The molecule has 0 saturated carbocycles. The minimum Gasteiger partial charge on any atom is -0.382 e. The summed E-state index contributed by atoms with van der Waals surface area (Å²) in [5.41, 5.74) is 7.46. The molecular formula is C8H12N6. The number of anilines is 1. The lowest BCUT2D eigenvalue weighted by Crippen LogP contribution is -2.04. The van der Waals surface area contributed by atoms with Gasteiger partial charge in [0.15, 0.2) is 0 Å². The second kappa shape index (κ2) is 3.13. The second-order valence-electron chi connectivity index (χ2n) is 3.25. The minimum atomic E-state index is 0.534. The molecule has 14 heavy (non-hydrogen) atoms. The molecule has 2 rings (SSSR count). The van der Waals surface area contributed by atoms with Crippen molar-refractivity contribution in [1.29, 1.82) is 0 Å². The molecule has 0 spiro atoms. The summed E-state index contributed by atoms with van der Waals surface area (Å²) in [4.78, 5) is 0. The molecule has 0 unspecified atom stereocenters. The maximum absolute atomic E-state index is 5.57. The monoisotopic (exact) mass is 192 g/mol. The van der Waals surface area contributed by atoms with Crippen molar-refractivity contribution in [2.45, 2.75) is 13.5 Å². The first-order valence-corrected chi connectivity index (χ1v) is 4.30. The third-order valence-corrected chi connectivity index (χ3v) is 1.96. The number of nitrogens with two attached hydrogens (primary N) is 1. The zero-order chi connectivity index (χ0) is 10.1. The van der Waals surface area contributed by atoms with Crippen LogP contribution in [-0.2, 0) is 13.6 Å². The third-order valence-electron chi connectivity index (χ3n) is 1.96. The summed E-state index contributed by atoms with van der Waals surface area (Å²) < 4.78 is 3.47. The molecule has 0 aliphatic carbocycles. The van der Waals surface area contributed by atoms with Gasteiger partial charge < -0.3 is 5.73 Å².